The number of ether oxygens (including phenoxy) is 2. The maximum Gasteiger partial charge on any atom is 0.0655 e. The molecule has 0 saturated heterocycles. The first-order valence-corrected chi connectivity index (χ1v) is 7.83. The van der Waals surface area contributed by atoms with Crippen LogP contribution in [0.5, 0.6) is 0 Å². The molecule has 0 radical (unpaired) electrons. The van der Waals surface area contributed by atoms with Gasteiger partial charge in [-0.25, -0.2) is 0 Å². The monoisotopic (exact) mass is 269 g/mol. The van der Waals surface area contributed by atoms with E-state index < -0.39 is 0 Å². The minimum Gasteiger partial charge on any atom is -0.378 e. The second kappa shape index (κ2) is 5.34. The molecule has 4 unspecified atom stereocenters. The minimum absolute atomic E-state index is 0.253. The van der Waals surface area contributed by atoms with Gasteiger partial charge in [-0.05, 0) is 26.7 Å². The maximum absolute atomic E-state index is 5.80. The summed E-state index contributed by atoms with van der Waals surface area (Å²) < 4.78 is 11.6. The smallest absolute Gasteiger partial charge is 0.0655 e. The number of hydrogen-bond donors (Lipinski definition) is 1. The molecular formula is C16H31NO2. The summed E-state index contributed by atoms with van der Waals surface area (Å²) >= 11 is 0. The molecule has 0 spiro atoms. The van der Waals surface area contributed by atoms with Crippen LogP contribution in [0.15, 0.2) is 0 Å². The zero-order chi connectivity index (χ0) is 14.3. The van der Waals surface area contributed by atoms with Crippen LogP contribution < -0.4 is 5.32 Å². The van der Waals surface area contributed by atoms with Crippen LogP contribution in [0.4, 0.5) is 0 Å². The summed E-state index contributed by atoms with van der Waals surface area (Å²) in [6, 6.07) is 1.16. The molecule has 2 rings (SSSR count). The second-order valence-corrected chi connectivity index (χ2v) is 7.27. The number of hydrogen-bond acceptors (Lipinski definition) is 3. The largest absolute Gasteiger partial charge is 0.378 e. The summed E-state index contributed by atoms with van der Waals surface area (Å²) in [6.07, 6.45) is 3.13. The molecule has 2 fully saturated rings. The van der Waals surface area contributed by atoms with E-state index in [1.165, 1.54) is 0 Å². The van der Waals surface area contributed by atoms with Crippen molar-refractivity contribution in [2.75, 3.05) is 13.2 Å². The lowest BCUT2D eigenvalue weighted by molar-refractivity contribution is -0.151. The van der Waals surface area contributed by atoms with Crippen LogP contribution in [0, 0.1) is 10.8 Å². The van der Waals surface area contributed by atoms with Crippen molar-refractivity contribution in [2.45, 2.75) is 78.7 Å². The van der Waals surface area contributed by atoms with E-state index in [2.05, 4.69) is 46.9 Å². The third-order valence-electron chi connectivity index (χ3n) is 5.49. The lowest BCUT2D eigenvalue weighted by Gasteiger charge is -2.58. The first kappa shape index (κ1) is 15.3. The van der Waals surface area contributed by atoms with Crippen molar-refractivity contribution in [3.63, 3.8) is 0 Å². The standard InChI is InChI=1S/C16H31NO2/c1-7-18-13-9-11(15(13,3)4)17-12-10-14(19-8-2)16(12,5)6/h11-14,17H,7-10H2,1-6H3. The highest BCUT2D eigenvalue weighted by Gasteiger charge is 2.54. The van der Waals surface area contributed by atoms with Crippen molar-refractivity contribution in [1.82, 2.24) is 5.32 Å². The Hall–Kier alpha value is -0.120. The molecule has 0 aromatic rings. The molecule has 0 aliphatic heterocycles. The van der Waals surface area contributed by atoms with E-state index in [1.54, 1.807) is 0 Å². The van der Waals surface area contributed by atoms with E-state index in [0.717, 1.165) is 26.1 Å². The Bertz CT molecular complexity index is 284. The highest BCUT2D eigenvalue weighted by molar-refractivity contribution is 5.09. The maximum atomic E-state index is 5.80. The third kappa shape index (κ3) is 2.57. The molecule has 2 saturated carbocycles. The van der Waals surface area contributed by atoms with Gasteiger partial charge in [-0.2, -0.15) is 0 Å². The van der Waals surface area contributed by atoms with E-state index in [-0.39, 0.29) is 10.8 Å². The zero-order valence-electron chi connectivity index (χ0n) is 13.5. The lowest BCUT2D eigenvalue weighted by Crippen LogP contribution is -2.69. The van der Waals surface area contributed by atoms with Crippen LogP contribution in [0.3, 0.4) is 0 Å². The molecule has 3 nitrogen and oxygen atoms in total. The van der Waals surface area contributed by atoms with Gasteiger partial charge in [0, 0.05) is 36.1 Å². The van der Waals surface area contributed by atoms with Crippen LogP contribution in [-0.4, -0.2) is 37.5 Å². The van der Waals surface area contributed by atoms with Crippen LogP contribution in [0.25, 0.3) is 0 Å². The van der Waals surface area contributed by atoms with Crippen LogP contribution in [0.1, 0.15) is 54.4 Å². The molecule has 0 aromatic carbocycles. The Kier molecular flexibility index (Phi) is 4.29. The quantitative estimate of drug-likeness (QED) is 0.804. The Morgan fingerprint density at radius 2 is 1.21 bits per heavy atom. The Morgan fingerprint density at radius 1 is 0.842 bits per heavy atom. The van der Waals surface area contributed by atoms with Gasteiger partial charge in [-0.3, -0.25) is 0 Å². The lowest BCUT2D eigenvalue weighted by atomic mass is 9.60. The molecule has 4 atom stereocenters. The molecule has 0 bridgehead atoms. The predicted octanol–water partition coefficient (Wildman–Crippen LogP) is 2.98. The Morgan fingerprint density at radius 3 is 1.47 bits per heavy atom. The zero-order valence-corrected chi connectivity index (χ0v) is 13.5. The van der Waals surface area contributed by atoms with Gasteiger partial charge in [-0.1, -0.05) is 27.7 Å². The topological polar surface area (TPSA) is 30.5 Å². The van der Waals surface area contributed by atoms with Crippen molar-refractivity contribution >= 4 is 0 Å². The fourth-order valence-corrected chi connectivity index (χ4v) is 3.55. The second-order valence-electron chi connectivity index (χ2n) is 7.27. The van der Waals surface area contributed by atoms with Crippen LogP contribution >= 0.6 is 0 Å². The normalized spacial score (nSPS) is 39.5. The van der Waals surface area contributed by atoms with Gasteiger partial charge in [-0.15, -0.1) is 0 Å². The first-order chi connectivity index (χ1) is 8.83. The van der Waals surface area contributed by atoms with E-state index in [9.17, 15) is 0 Å². The summed E-state index contributed by atoms with van der Waals surface area (Å²) in [6.45, 7) is 15.1. The van der Waals surface area contributed by atoms with E-state index >= 15 is 0 Å². The molecule has 0 aromatic heterocycles. The summed E-state index contributed by atoms with van der Waals surface area (Å²) in [5.74, 6) is 0. The first-order valence-electron chi connectivity index (χ1n) is 7.83. The minimum atomic E-state index is 0.253. The van der Waals surface area contributed by atoms with E-state index in [4.69, 9.17) is 9.47 Å². The molecule has 3 heteroatoms. The molecular weight excluding hydrogens is 238 g/mol. The van der Waals surface area contributed by atoms with Gasteiger partial charge in [0.15, 0.2) is 0 Å². The summed E-state index contributed by atoms with van der Waals surface area (Å²) in [7, 11) is 0. The summed E-state index contributed by atoms with van der Waals surface area (Å²) in [5.41, 5.74) is 0.506. The number of rotatable bonds is 6. The molecule has 0 heterocycles. The van der Waals surface area contributed by atoms with Crippen molar-refractivity contribution in [1.29, 1.82) is 0 Å². The molecule has 2 aliphatic rings. The SMILES string of the molecule is CCOC1CC(NC2CC(OCC)C2(C)C)C1(C)C. The van der Waals surface area contributed by atoms with Crippen molar-refractivity contribution in [2.24, 2.45) is 10.8 Å². The van der Waals surface area contributed by atoms with Crippen molar-refractivity contribution in [3.05, 3.63) is 0 Å². The third-order valence-corrected chi connectivity index (χ3v) is 5.49. The average molecular weight is 269 g/mol. The fraction of sp³-hybridized carbons (Fsp3) is 1.00. The van der Waals surface area contributed by atoms with Crippen molar-refractivity contribution in [3.8, 4) is 0 Å². The highest BCUT2D eigenvalue weighted by atomic mass is 16.5. The van der Waals surface area contributed by atoms with Crippen LogP contribution in [0.2, 0.25) is 0 Å². The average Bonchev–Trinajstić information content (AvgIpc) is 2.35. The predicted molar refractivity (Wildman–Crippen MR) is 78.3 cm³/mol. The molecule has 2 aliphatic carbocycles. The number of nitrogens with one attached hydrogen (secondary N) is 1. The van der Waals surface area contributed by atoms with Crippen molar-refractivity contribution < 1.29 is 9.47 Å². The van der Waals surface area contributed by atoms with Gasteiger partial charge < -0.3 is 14.8 Å². The summed E-state index contributed by atoms with van der Waals surface area (Å²) in [5, 5.41) is 3.85. The fourth-order valence-electron chi connectivity index (χ4n) is 3.55. The molecule has 19 heavy (non-hydrogen) atoms. The highest BCUT2D eigenvalue weighted by Crippen LogP contribution is 2.47. The Balaban J connectivity index is 1.84. The molecule has 112 valence electrons. The van der Waals surface area contributed by atoms with E-state index in [0.29, 0.717) is 24.3 Å². The van der Waals surface area contributed by atoms with Gasteiger partial charge >= 0.3 is 0 Å². The van der Waals surface area contributed by atoms with Gasteiger partial charge in [0.25, 0.3) is 0 Å². The van der Waals surface area contributed by atoms with Gasteiger partial charge in [0.2, 0.25) is 0 Å². The van der Waals surface area contributed by atoms with Gasteiger partial charge in [0.05, 0.1) is 12.2 Å². The molecule has 0 amide bonds. The Labute approximate surface area is 118 Å². The molecule has 1 N–H and O–H groups in total. The van der Waals surface area contributed by atoms with Crippen LogP contribution in [-0.2, 0) is 9.47 Å². The summed E-state index contributed by atoms with van der Waals surface area (Å²) in [4.78, 5) is 0. The van der Waals surface area contributed by atoms with E-state index in [1.807, 2.05) is 0 Å². The van der Waals surface area contributed by atoms with Gasteiger partial charge in [0.1, 0.15) is 0 Å².